The van der Waals surface area contributed by atoms with Crippen LogP contribution in [0.2, 0.25) is 0 Å². The number of hydrogen-bond donors (Lipinski definition) is 1. The number of carboxylic acids is 1. The lowest BCUT2D eigenvalue weighted by atomic mass is 10.0. The molecule has 2 unspecified atom stereocenters. The van der Waals surface area contributed by atoms with Crippen molar-refractivity contribution in [2.24, 2.45) is 5.92 Å². The van der Waals surface area contributed by atoms with Crippen molar-refractivity contribution in [3.63, 3.8) is 0 Å². The summed E-state index contributed by atoms with van der Waals surface area (Å²) in [6, 6.07) is 1.16. The van der Waals surface area contributed by atoms with Crippen LogP contribution in [0.25, 0.3) is 0 Å². The average molecular weight is 354 g/mol. The molecule has 0 radical (unpaired) electrons. The minimum atomic E-state index is -3.60. The number of hydrogen-bond acceptors (Lipinski definition) is 4. The fraction of sp³-hybridized carbons (Fsp3) is 0.500. The summed E-state index contributed by atoms with van der Waals surface area (Å²) in [6.07, 6.45) is 0.360. The van der Waals surface area contributed by atoms with Gasteiger partial charge in [-0.2, -0.15) is 4.31 Å². The molecule has 100 valence electrons. The molecule has 1 aromatic rings. The third-order valence-corrected chi connectivity index (χ3v) is 7.78. The molecule has 1 N–H and O–H groups in total. The largest absolute Gasteiger partial charge is 0.481 e. The Morgan fingerprint density at radius 3 is 2.72 bits per heavy atom. The van der Waals surface area contributed by atoms with E-state index in [0.29, 0.717) is 10.9 Å². The van der Waals surface area contributed by atoms with Gasteiger partial charge in [0, 0.05) is 17.1 Å². The molecule has 1 aliphatic heterocycles. The van der Waals surface area contributed by atoms with Crippen LogP contribution in [0.4, 0.5) is 0 Å². The highest BCUT2D eigenvalue weighted by molar-refractivity contribution is 9.10. The Morgan fingerprint density at radius 2 is 2.28 bits per heavy atom. The Bertz CT molecular complexity index is 568. The summed E-state index contributed by atoms with van der Waals surface area (Å²) in [5.74, 6) is -1.57. The fourth-order valence-corrected chi connectivity index (χ4v) is 6.26. The summed E-state index contributed by atoms with van der Waals surface area (Å²) in [4.78, 5) is 11.0. The second-order valence-electron chi connectivity index (χ2n) is 4.15. The lowest BCUT2D eigenvalue weighted by Gasteiger charge is -2.22. The average Bonchev–Trinajstić information content (AvgIpc) is 2.84. The van der Waals surface area contributed by atoms with Crippen molar-refractivity contribution < 1.29 is 18.3 Å². The second kappa shape index (κ2) is 4.92. The molecule has 1 aromatic heterocycles. The minimum Gasteiger partial charge on any atom is -0.481 e. The SMILES string of the molecule is CC1C(C(=O)O)CCN1S(=O)(=O)c1sccc1Br. The van der Waals surface area contributed by atoms with Crippen LogP contribution in [0, 0.1) is 5.92 Å². The number of carboxylic acid groups (broad SMARTS) is 1. The number of nitrogens with zero attached hydrogens (tertiary/aromatic N) is 1. The number of rotatable bonds is 3. The standard InChI is InChI=1S/C10H12BrNO4S2/c1-6-7(9(13)14)2-4-12(6)18(15,16)10-8(11)3-5-17-10/h3,5-7H,2,4H2,1H3,(H,13,14). The van der Waals surface area contributed by atoms with Gasteiger partial charge in [0.1, 0.15) is 4.21 Å². The summed E-state index contributed by atoms with van der Waals surface area (Å²) in [6.45, 7) is 1.90. The number of sulfonamides is 1. The zero-order valence-electron chi connectivity index (χ0n) is 9.54. The summed E-state index contributed by atoms with van der Waals surface area (Å²) in [5, 5.41) is 10.7. The van der Waals surface area contributed by atoms with Gasteiger partial charge in [-0.1, -0.05) is 0 Å². The third kappa shape index (κ3) is 2.22. The van der Waals surface area contributed by atoms with Gasteiger partial charge in [0.25, 0.3) is 10.0 Å². The molecule has 8 heteroatoms. The van der Waals surface area contributed by atoms with Crippen molar-refractivity contribution in [2.75, 3.05) is 6.54 Å². The van der Waals surface area contributed by atoms with Crippen molar-refractivity contribution in [3.05, 3.63) is 15.9 Å². The van der Waals surface area contributed by atoms with Crippen molar-refractivity contribution >= 4 is 43.3 Å². The first kappa shape index (κ1) is 14.0. The van der Waals surface area contributed by atoms with Gasteiger partial charge in [-0.05, 0) is 40.7 Å². The molecular weight excluding hydrogens is 342 g/mol. The Hall–Kier alpha value is -0.440. The van der Waals surface area contributed by atoms with Crippen LogP contribution in [-0.4, -0.2) is 36.4 Å². The zero-order chi connectivity index (χ0) is 13.5. The van der Waals surface area contributed by atoms with Gasteiger partial charge in [-0.25, -0.2) is 8.42 Å². The van der Waals surface area contributed by atoms with Crippen molar-refractivity contribution in [2.45, 2.75) is 23.6 Å². The molecule has 0 spiro atoms. The molecule has 5 nitrogen and oxygen atoms in total. The summed E-state index contributed by atoms with van der Waals surface area (Å²) in [7, 11) is -3.60. The maximum atomic E-state index is 12.4. The molecule has 2 heterocycles. The van der Waals surface area contributed by atoms with Crippen LogP contribution in [-0.2, 0) is 14.8 Å². The fourth-order valence-electron chi connectivity index (χ4n) is 2.15. The first-order valence-corrected chi connectivity index (χ1v) is 8.44. The zero-order valence-corrected chi connectivity index (χ0v) is 12.8. The number of halogens is 1. The lowest BCUT2D eigenvalue weighted by Crippen LogP contribution is -2.37. The highest BCUT2D eigenvalue weighted by atomic mass is 79.9. The van der Waals surface area contributed by atoms with E-state index < -0.39 is 28.0 Å². The molecule has 0 bridgehead atoms. The van der Waals surface area contributed by atoms with E-state index in [9.17, 15) is 13.2 Å². The van der Waals surface area contributed by atoms with E-state index in [1.807, 2.05) is 0 Å². The summed E-state index contributed by atoms with van der Waals surface area (Å²) < 4.78 is 26.9. The maximum Gasteiger partial charge on any atom is 0.308 e. The molecule has 2 rings (SSSR count). The van der Waals surface area contributed by atoms with Crippen LogP contribution in [0.5, 0.6) is 0 Å². The Labute approximate surface area is 118 Å². The monoisotopic (exact) mass is 353 g/mol. The van der Waals surface area contributed by atoms with Gasteiger partial charge < -0.3 is 5.11 Å². The highest BCUT2D eigenvalue weighted by Crippen LogP contribution is 2.35. The molecule has 1 aliphatic rings. The molecule has 1 saturated heterocycles. The Morgan fingerprint density at radius 1 is 1.61 bits per heavy atom. The van der Waals surface area contributed by atoms with E-state index in [1.165, 1.54) is 4.31 Å². The lowest BCUT2D eigenvalue weighted by molar-refractivity contribution is -0.142. The van der Waals surface area contributed by atoms with Gasteiger partial charge in [-0.15, -0.1) is 11.3 Å². The molecule has 0 saturated carbocycles. The number of thiophene rings is 1. The summed E-state index contributed by atoms with van der Waals surface area (Å²) in [5.41, 5.74) is 0. The van der Waals surface area contributed by atoms with E-state index in [2.05, 4.69) is 15.9 Å². The predicted octanol–water partition coefficient (Wildman–Crippen LogP) is 1.99. The van der Waals surface area contributed by atoms with Crippen LogP contribution in [0.3, 0.4) is 0 Å². The van der Waals surface area contributed by atoms with Gasteiger partial charge in [-0.3, -0.25) is 4.79 Å². The first-order chi connectivity index (χ1) is 8.35. The van der Waals surface area contributed by atoms with E-state index in [4.69, 9.17) is 5.11 Å². The van der Waals surface area contributed by atoms with Crippen molar-refractivity contribution in [1.82, 2.24) is 4.31 Å². The highest BCUT2D eigenvalue weighted by Gasteiger charge is 2.43. The third-order valence-electron chi connectivity index (χ3n) is 3.14. The number of carbonyl (C=O) groups is 1. The Kier molecular flexibility index (Phi) is 3.82. The summed E-state index contributed by atoms with van der Waals surface area (Å²) >= 11 is 4.33. The van der Waals surface area contributed by atoms with Crippen LogP contribution in [0.1, 0.15) is 13.3 Å². The quantitative estimate of drug-likeness (QED) is 0.901. The van der Waals surface area contributed by atoms with Crippen LogP contribution in [0.15, 0.2) is 20.1 Å². The number of aliphatic carboxylic acids is 1. The molecule has 2 atom stereocenters. The molecular formula is C10H12BrNO4S2. The van der Waals surface area contributed by atoms with Crippen molar-refractivity contribution in [3.8, 4) is 0 Å². The minimum absolute atomic E-state index is 0.236. The molecule has 0 aliphatic carbocycles. The van der Waals surface area contributed by atoms with E-state index in [-0.39, 0.29) is 10.8 Å². The Balaban J connectivity index is 2.34. The molecule has 0 aromatic carbocycles. The van der Waals surface area contributed by atoms with E-state index in [1.54, 1.807) is 18.4 Å². The molecule has 18 heavy (non-hydrogen) atoms. The normalized spacial score (nSPS) is 25.4. The van der Waals surface area contributed by atoms with Crippen LogP contribution < -0.4 is 0 Å². The first-order valence-electron chi connectivity index (χ1n) is 5.33. The van der Waals surface area contributed by atoms with Gasteiger partial charge >= 0.3 is 5.97 Å². The predicted molar refractivity (Wildman–Crippen MR) is 71.1 cm³/mol. The smallest absolute Gasteiger partial charge is 0.308 e. The van der Waals surface area contributed by atoms with Gasteiger partial charge in [0.2, 0.25) is 0 Å². The second-order valence-corrected chi connectivity index (χ2v) is 8.00. The maximum absolute atomic E-state index is 12.4. The van der Waals surface area contributed by atoms with E-state index in [0.717, 1.165) is 11.3 Å². The van der Waals surface area contributed by atoms with Crippen molar-refractivity contribution in [1.29, 1.82) is 0 Å². The van der Waals surface area contributed by atoms with Gasteiger partial charge in [0.15, 0.2) is 0 Å². The van der Waals surface area contributed by atoms with Gasteiger partial charge in [0.05, 0.1) is 5.92 Å². The molecule has 0 amide bonds. The van der Waals surface area contributed by atoms with E-state index >= 15 is 0 Å². The topological polar surface area (TPSA) is 74.7 Å². The van der Waals surface area contributed by atoms with Crippen LogP contribution >= 0.6 is 27.3 Å². The molecule has 1 fully saturated rings.